The summed E-state index contributed by atoms with van der Waals surface area (Å²) in [6.07, 6.45) is 2.21. The third-order valence-electron chi connectivity index (χ3n) is 4.87. The Hall–Kier alpha value is -3.14. The van der Waals surface area contributed by atoms with E-state index in [4.69, 9.17) is 9.26 Å². The highest BCUT2D eigenvalue weighted by Gasteiger charge is 2.23. The Morgan fingerprint density at radius 1 is 1.28 bits per heavy atom. The van der Waals surface area contributed by atoms with Crippen LogP contribution in [0.4, 0.5) is 5.82 Å². The Morgan fingerprint density at radius 2 is 2.06 bits per heavy atom. The van der Waals surface area contributed by atoms with Crippen LogP contribution in [-0.2, 0) is 16.1 Å². The number of aryl methyl sites for hydroxylation is 1. The fourth-order valence-corrected chi connectivity index (χ4v) is 4.17. The number of carbonyl (C=O) groups is 2. The van der Waals surface area contributed by atoms with Gasteiger partial charge in [0.15, 0.2) is 11.0 Å². The SMILES string of the molecule is CCCCn1c(SC(CC)C(=O)Nc2cc(C)on2)nc2cc(C(=O)OC)ccc2c1=O. The van der Waals surface area contributed by atoms with Crippen molar-refractivity contribution < 1.29 is 18.8 Å². The standard InChI is InChI=1S/C22H26N4O5S/c1-5-7-10-26-20(28)15-9-8-14(21(29)30-4)12-16(15)23-22(26)32-17(6-2)19(27)24-18-11-13(3)31-25-18/h8-9,11-12,17H,5-7,10H2,1-4H3,(H,24,25,27). The van der Waals surface area contributed by atoms with Gasteiger partial charge in [-0.2, -0.15) is 0 Å². The highest BCUT2D eigenvalue weighted by Crippen LogP contribution is 2.26. The first-order chi connectivity index (χ1) is 15.4. The lowest BCUT2D eigenvalue weighted by molar-refractivity contribution is -0.115. The maximum atomic E-state index is 13.2. The fourth-order valence-electron chi connectivity index (χ4n) is 3.13. The van der Waals surface area contributed by atoms with Gasteiger partial charge in [-0.15, -0.1) is 0 Å². The molecule has 0 saturated heterocycles. The van der Waals surface area contributed by atoms with E-state index < -0.39 is 11.2 Å². The predicted molar refractivity (Wildman–Crippen MR) is 122 cm³/mol. The highest BCUT2D eigenvalue weighted by molar-refractivity contribution is 8.00. The molecule has 0 radical (unpaired) electrons. The van der Waals surface area contributed by atoms with Gasteiger partial charge in [0.1, 0.15) is 5.76 Å². The number of unbranched alkanes of at least 4 members (excludes halogenated alkanes) is 1. The van der Waals surface area contributed by atoms with E-state index in [1.54, 1.807) is 29.7 Å². The molecule has 2 heterocycles. The molecule has 1 unspecified atom stereocenters. The predicted octanol–water partition coefficient (Wildman–Crippen LogP) is 3.79. The Kier molecular flexibility index (Phi) is 7.68. The summed E-state index contributed by atoms with van der Waals surface area (Å²) in [4.78, 5) is 42.6. The summed E-state index contributed by atoms with van der Waals surface area (Å²) < 4.78 is 11.4. The minimum atomic E-state index is -0.508. The molecule has 0 aliphatic heterocycles. The second-order valence-corrected chi connectivity index (χ2v) is 8.42. The van der Waals surface area contributed by atoms with Gasteiger partial charge in [0.05, 0.1) is 28.8 Å². The van der Waals surface area contributed by atoms with Crippen molar-refractivity contribution in [1.29, 1.82) is 0 Å². The second kappa shape index (κ2) is 10.4. The van der Waals surface area contributed by atoms with Crippen LogP contribution >= 0.6 is 11.8 Å². The minimum absolute atomic E-state index is 0.204. The summed E-state index contributed by atoms with van der Waals surface area (Å²) in [7, 11) is 1.30. The molecule has 0 saturated carbocycles. The van der Waals surface area contributed by atoms with Crippen molar-refractivity contribution in [1.82, 2.24) is 14.7 Å². The summed E-state index contributed by atoms with van der Waals surface area (Å²) in [5, 5.41) is 6.87. The molecular weight excluding hydrogens is 432 g/mol. The number of amides is 1. The van der Waals surface area contributed by atoms with Crippen LogP contribution in [0.25, 0.3) is 10.9 Å². The van der Waals surface area contributed by atoms with Crippen LogP contribution in [0.1, 0.15) is 49.2 Å². The van der Waals surface area contributed by atoms with Crippen molar-refractivity contribution in [2.24, 2.45) is 0 Å². The number of benzene rings is 1. The molecule has 1 atom stereocenters. The van der Waals surface area contributed by atoms with Crippen molar-refractivity contribution in [3.8, 4) is 0 Å². The van der Waals surface area contributed by atoms with Crippen LogP contribution in [0.5, 0.6) is 0 Å². The molecule has 3 rings (SSSR count). The van der Waals surface area contributed by atoms with E-state index in [1.807, 2.05) is 13.8 Å². The number of esters is 1. The lowest BCUT2D eigenvalue weighted by Gasteiger charge is -2.17. The average Bonchev–Trinajstić information content (AvgIpc) is 3.20. The van der Waals surface area contributed by atoms with Crippen molar-refractivity contribution in [2.75, 3.05) is 12.4 Å². The molecule has 170 valence electrons. The number of nitrogens with zero attached hydrogens (tertiary/aromatic N) is 3. The van der Waals surface area contributed by atoms with Crippen LogP contribution < -0.4 is 10.9 Å². The molecule has 2 aromatic heterocycles. The van der Waals surface area contributed by atoms with Crippen LogP contribution in [-0.4, -0.2) is 38.9 Å². The summed E-state index contributed by atoms with van der Waals surface area (Å²) in [6, 6.07) is 6.31. The third kappa shape index (κ3) is 5.18. The maximum absolute atomic E-state index is 13.2. The zero-order valence-electron chi connectivity index (χ0n) is 18.5. The number of fused-ring (bicyclic) bond motifs is 1. The lowest BCUT2D eigenvalue weighted by Crippen LogP contribution is -2.28. The van der Waals surface area contributed by atoms with Crippen molar-refractivity contribution in [3.05, 3.63) is 45.9 Å². The topological polar surface area (TPSA) is 116 Å². The van der Waals surface area contributed by atoms with Gasteiger partial charge in [-0.05, 0) is 38.0 Å². The number of anilines is 1. The summed E-state index contributed by atoms with van der Waals surface area (Å²) in [5.41, 5.74) is 0.487. The number of ether oxygens (including phenoxy) is 1. The van der Waals surface area contributed by atoms with Gasteiger partial charge >= 0.3 is 5.97 Å². The number of carbonyl (C=O) groups excluding carboxylic acids is 2. The molecule has 32 heavy (non-hydrogen) atoms. The molecular formula is C22H26N4O5S. The number of thioether (sulfide) groups is 1. The quantitative estimate of drug-likeness (QED) is 0.292. The van der Waals surface area contributed by atoms with Crippen LogP contribution in [0.3, 0.4) is 0 Å². The molecule has 9 nitrogen and oxygen atoms in total. The normalized spacial score (nSPS) is 12.0. The van der Waals surface area contributed by atoms with Gasteiger partial charge in [0, 0.05) is 12.6 Å². The molecule has 10 heteroatoms. The third-order valence-corrected chi connectivity index (χ3v) is 6.22. The Balaban J connectivity index is 1.99. The minimum Gasteiger partial charge on any atom is -0.465 e. The zero-order chi connectivity index (χ0) is 23.3. The fraction of sp³-hybridized carbons (Fsp3) is 0.409. The lowest BCUT2D eigenvalue weighted by atomic mass is 10.1. The van der Waals surface area contributed by atoms with E-state index >= 15 is 0 Å². The van der Waals surface area contributed by atoms with Gasteiger partial charge in [-0.3, -0.25) is 14.2 Å². The number of nitrogens with one attached hydrogen (secondary N) is 1. The van der Waals surface area contributed by atoms with E-state index in [1.165, 1.54) is 24.9 Å². The molecule has 0 aliphatic carbocycles. The zero-order valence-corrected chi connectivity index (χ0v) is 19.3. The summed E-state index contributed by atoms with van der Waals surface area (Å²) in [5.74, 6) is 0.161. The Bertz CT molecular complexity index is 1190. The van der Waals surface area contributed by atoms with Gasteiger partial charge in [0.25, 0.3) is 5.56 Å². The first-order valence-corrected chi connectivity index (χ1v) is 11.3. The Morgan fingerprint density at radius 3 is 2.69 bits per heavy atom. The average molecular weight is 459 g/mol. The molecule has 0 fully saturated rings. The number of rotatable bonds is 9. The largest absolute Gasteiger partial charge is 0.465 e. The van der Waals surface area contributed by atoms with Crippen LogP contribution in [0, 0.1) is 6.92 Å². The van der Waals surface area contributed by atoms with Crippen molar-refractivity contribution in [2.45, 2.75) is 57.0 Å². The molecule has 1 aromatic carbocycles. The maximum Gasteiger partial charge on any atom is 0.337 e. The smallest absolute Gasteiger partial charge is 0.337 e. The summed E-state index contributed by atoms with van der Waals surface area (Å²) >= 11 is 1.21. The van der Waals surface area contributed by atoms with E-state index in [-0.39, 0.29) is 11.5 Å². The van der Waals surface area contributed by atoms with Gasteiger partial charge in [-0.1, -0.05) is 37.2 Å². The number of hydrogen-bond acceptors (Lipinski definition) is 8. The van der Waals surface area contributed by atoms with E-state index in [0.717, 1.165) is 12.8 Å². The van der Waals surface area contributed by atoms with Crippen molar-refractivity contribution in [3.63, 3.8) is 0 Å². The van der Waals surface area contributed by atoms with E-state index in [9.17, 15) is 14.4 Å². The first-order valence-electron chi connectivity index (χ1n) is 10.4. The summed E-state index contributed by atoms with van der Waals surface area (Å²) in [6.45, 7) is 6.15. The molecule has 1 N–H and O–H groups in total. The van der Waals surface area contributed by atoms with E-state index in [2.05, 4.69) is 15.5 Å². The number of methoxy groups -OCH3 is 1. The molecule has 3 aromatic rings. The molecule has 0 spiro atoms. The second-order valence-electron chi connectivity index (χ2n) is 7.26. The van der Waals surface area contributed by atoms with Gasteiger partial charge in [-0.25, -0.2) is 9.78 Å². The van der Waals surface area contributed by atoms with Crippen LogP contribution in [0.15, 0.2) is 38.7 Å². The number of aromatic nitrogens is 3. The first kappa shape index (κ1) is 23.5. The molecule has 0 aliphatic rings. The van der Waals surface area contributed by atoms with Crippen molar-refractivity contribution >= 4 is 40.4 Å². The monoisotopic (exact) mass is 458 g/mol. The number of hydrogen-bond donors (Lipinski definition) is 1. The Labute approximate surface area is 189 Å². The van der Waals surface area contributed by atoms with Gasteiger partial charge < -0.3 is 14.6 Å². The van der Waals surface area contributed by atoms with E-state index in [0.29, 0.717) is 46.2 Å². The molecule has 1 amide bonds. The highest BCUT2D eigenvalue weighted by atomic mass is 32.2. The van der Waals surface area contributed by atoms with Gasteiger partial charge in [0.2, 0.25) is 5.91 Å². The van der Waals surface area contributed by atoms with Crippen LogP contribution in [0.2, 0.25) is 0 Å². The molecule has 0 bridgehead atoms.